The Labute approximate surface area is 487 Å². The standard InChI is InChI=1S/C42H34.C33H23N3O.C4H6/c1-4-12-30-24-27(3)31(13-5-2)32-22-20-28(25-37(30)32)29-21-23-36-35-16-8-11-19-40(35)42(41(36)26-29)38-17-9-6-14-33(38)34-15-7-10-18-39(34)42;1-22(24-13-6-3-7-14-24)21-28-23(2)37-29-20-12-19-27(30(28)29)33-35-31(25-15-8-4-9-16-25)34-32(36-33)26-17-10-5-11-18-26;1-3-4-2/h5-23,25-26H,4,24H2,1-3H3;3-21H,1-2H2;3-4H,1-2H2/b13-5-,30-12+;28-21+;. The maximum Gasteiger partial charge on any atom is 0.164 e. The van der Waals surface area contributed by atoms with Gasteiger partial charge in [0.05, 0.1) is 5.41 Å². The highest BCUT2D eigenvalue weighted by Gasteiger charge is 2.51. The number of hydrogen-bond donors (Lipinski definition) is 0. The van der Waals surface area contributed by atoms with Gasteiger partial charge in [-0.2, -0.15) is 0 Å². The lowest BCUT2D eigenvalue weighted by Crippen LogP contribution is -2.25. The second-order valence-corrected chi connectivity index (χ2v) is 21.1. The van der Waals surface area contributed by atoms with Crippen molar-refractivity contribution in [2.24, 2.45) is 0 Å². The summed E-state index contributed by atoms with van der Waals surface area (Å²) in [6.07, 6.45) is 14.2. The van der Waals surface area contributed by atoms with E-state index in [2.05, 4.69) is 175 Å². The molecule has 4 nitrogen and oxygen atoms in total. The van der Waals surface area contributed by atoms with Gasteiger partial charge in [0, 0.05) is 27.3 Å². The molecule has 0 N–H and O–H groups in total. The first kappa shape index (κ1) is 53.4. The molecule has 2 aromatic heterocycles. The molecule has 14 rings (SSSR count). The van der Waals surface area contributed by atoms with Crippen LogP contribution in [0, 0.1) is 0 Å². The van der Waals surface area contributed by atoms with E-state index in [9.17, 15) is 0 Å². The predicted octanol–water partition coefficient (Wildman–Crippen LogP) is 19.1. The molecule has 3 aliphatic rings. The largest absolute Gasteiger partial charge is 0.457 e. The minimum atomic E-state index is -0.310. The molecule has 11 aromatic rings. The third-order valence-corrected chi connectivity index (χ3v) is 16.1. The molecule has 0 fully saturated rings. The van der Waals surface area contributed by atoms with Crippen molar-refractivity contribution in [2.45, 2.75) is 39.0 Å². The molecule has 3 aliphatic carbocycles. The van der Waals surface area contributed by atoms with Gasteiger partial charge < -0.3 is 4.42 Å². The molecule has 400 valence electrons. The van der Waals surface area contributed by atoms with Crippen molar-refractivity contribution in [1.82, 2.24) is 15.0 Å². The van der Waals surface area contributed by atoms with E-state index in [1.807, 2.05) is 115 Å². The number of hydrogen-bond acceptors (Lipinski definition) is 4. The quantitative estimate of drug-likeness (QED) is 0.135. The van der Waals surface area contributed by atoms with Crippen molar-refractivity contribution in [2.75, 3.05) is 0 Å². The molecule has 4 heteroatoms. The molecule has 0 atom stereocenters. The maximum atomic E-state index is 6.07. The SMILES string of the molecule is C/C=C\C1=C(C)C/C(=C\CC)c2cc(-c3ccc4c(c3)C3(c5ccccc5-c5ccccc53)c3ccccc3-4)ccc21.C=C(/C=c1\c(=C)oc2cccc(-c3nc(-c4ccccc4)nc(-c4ccccc4)n3)c12)c1ccccc1.C=CC=C. The minimum Gasteiger partial charge on any atom is -0.457 e. The first-order valence-corrected chi connectivity index (χ1v) is 28.4. The lowest BCUT2D eigenvalue weighted by molar-refractivity contribution is 0.577. The summed E-state index contributed by atoms with van der Waals surface area (Å²) in [5.74, 6) is 1.79. The summed E-state index contributed by atoms with van der Waals surface area (Å²) in [7, 11) is 0. The molecule has 0 saturated carbocycles. The predicted molar refractivity (Wildman–Crippen MR) is 349 cm³/mol. The van der Waals surface area contributed by atoms with Gasteiger partial charge in [-0.25, -0.2) is 15.0 Å². The molecule has 0 unspecified atom stereocenters. The maximum absolute atomic E-state index is 6.07. The third kappa shape index (κ3) is 9.68. The molecule has 9 aromatic carbocycles. The first-order valence-electron chi connectivity index (χ1n) is 28.4. The number of allylic oxidation sites excluding steroid dienone is 9. The highest BCUT2D eigenvalue weighted by atomic mass is 16.3. The van der Waals surface area contributed by atoms with E-state index in [0.717, 1.165) is 56.9 Å². The minimum absolute atomic E-state index is 0.310. The van der Waals surface area contributed by atoms with E-state index in [1.165, 1.54) is 83.5 Å². The van der Waals surface area contributed by atoms with Crippen LogP contribution in [0.4, 0.5) is 0 Å². The molecular weight excluding hydrogens is 1010 g/mol. The lowest BCUT2D eigenvalue weighted by Gasteiger charge is -2.30. The molecule has 1 spiro atoms. The Hall–Kier alpha value is -10.3. The van der Waals surface area contributed by atoms with Gasteiger partial charge in [0.1, 0.15) is 11.0 Å². The van der Waals surface area contributed by atoms with Crippen molar-refractivity contribution >= 4 is 40.3 Å². The van der Waals surface area contributed by atoms with E-state index in [0.29, 0.717) is 22.9 Å². The van der Waals surface area contributed by atoms with E-state index in [1.54, 1.807) is 12.2 Å². The van der Waals surface area contributed by atoms with Crippen LogP contribution < -0.4 is 10.6 Å². The molecule has 0 aliphatic heterocycles. The van der Waals surface area contributed by atoms with Crippen LogP contribution >= 0.6 is 0 Å². The number of benzene rings is 9. The summed E-state index contributed by atoms with van der Waals surface area (Å²) >= 11 is 0. The van der Waals surface area contributed by atoms with Crippen molar-refractivity contribution in [3.63, 3.8) is 0 Å². The zero-order valence-electron chi connectivity index (χ0n) is 47.2. The van der Waals surface area contributed by atoms with Crippen LogP contribution in [0.1, 0.15) is 72.6 Å². The van der Waals surface area contributed by atoms with Crippen LogP contribution in [0.15, 0.2) is 278 Å². The van der Waals surface area contributed by atoms with Crippen molar-refractivity contribution < 1.29 is 4.42 Å². The van der Waals surface area contributed by atoms with Crippen molar-refractivity contribution in [3.05, 3.63) is 324 Å². The Balaban J connectivity index is 0.000000155. The molecule has 0 radical (unpaired) electrons. The zero-order valence-corrected chi connectivity index (χ0v) is 47.2. The van der Waals surface area contributed by atoms with Crippen LogP contribution in [-0.2, 0) is 5.41 Å². The van der Waals surface area contributed by atoms with Crippen LogP contribution in [0.25, 0.3) is 108 Å². The van der Waals surface area contributed by atoms with E-state index in [4.69, 9.17) is 19.4 Å². The van der Waals surface area contributed by atoms with Crippen molar-refractivity contribution in [1.29, 1.82) is 0 Å². The van der Waals surface area contributed by atoms with Gasteiger partial charge in [0.25, 0.3) is 0 Å². The van der Waals surface area contributed by atoms with Crippen LogP contribution in [0.2, 0.25) is 0 Å². The number of fused-ring (bicyclic) bond motifs is 12. The van der Waals surface area contributed by atoms with E-state index >= 15 is 0 Å². The van der Waals surface area contributed by atoms with Gasteiger partial charge in [-0.15, -0.1) is 0 Å². The number of aromatic nitrogens is 3. The number of nitrogens with zero attached hydrogens (tertiary/aromatic N) is 3. The summed E-state index contributed by atoms with van der Waals surface area (Å²) in [6.45, 7) is 21.8. The van der Waals surface area contributed by atoms with Gasteiger partial charge in [-0.1, -0.05) is 269 Å². The van der Waals surface area contributed by atoms with Crippen LogP contribution in [0.3, 0.4) is 0 Å². The van der Waals surface area contributed by atoms with Crippen LogP contribution in [0.5, 0.6) is 0 Å². The van der Waals surface area contributed by atoms with Gasteiger partial charge >= 0.3 is 0 Å². The summed E-state index contributed by atoms with van der Waals surface area (Å²) < 4.78 is 6.07. The smallest absolute Gasteiger partial charge is 0.164 e. The van der Waals surface area contributed by atoms with Gasteiger partial charge in [0.2, 0.25) is 0 Å². The van der Waals surface area contributed by atoms with Gasteiger partial charge in [-0.3, -0.25) is 0 Å². The Morgan fingerprint density at radius 3 is 1.57 bits per heavy atom. The third-order valence-electron chi connectivity index (χ3n) is 16.1. The molecular formula is C79H63N3O. The highest BCUT2D eigenvalue weighted by molar-refractivity contribution is 5.99. The molecule has 2 heterocycles. The van der Waals surface area contributed by atoms with Crippen LogP contribution in [-0.4, -0.2) is 15.0 Å². The molecule has 83 heavy (non-hydrogen) atoms. The van der Waals surface area contributed by atoms with Gasteiger partial charge in [0.15, 0.2) is 17.5 Å². The molecule has 0 amide bonds. The fraction of sp³-hybridized carbons (Fsp3) is 0.0759. The summed E-state index contributed by atoms with van der Waals surface area (Å²) in [5, 5.41) is 1.76. The Bertz CT molecular complexity index is 4410. The van der Waals surface area contributed by atoms with E-state index in [-0.39, 0.29) is 5.41 Å². The molecule has 0 saturated heterocycles. The zero-order chi connectivity index (χ0) is 57.0. The second kappa shape index (κ2) is 23.1. The fourth-order valence-electron chi connectivity index (χ4n) is 12.4. The summed E-state index contributed by atoms with van der Waals surface area (Å²) in [6, 6.07) is 77.3. The Morgan fingerprint density at radius 2 is 1.01 bits per heavy atom. The van der Waals surface area contributed by atoms with E-state index < -0.39 is 0 Å². The summed E-state index contributed by atoms with van der Waals surface area (Å²) in [4.78, 5) is 14.6. The van der Waals surface area contributed by atoms with Crippen molar-refractivity contribution in [3.8, 4) is 67.5 Å². The first-order chi connectivity index (χ1) is 40.7. The fourth-order valence-corrected chi connectivity index (χ4v) is 12.4. The lowest BCUT2D eigenvalue weighted by atomic mass is 9.70. The Kier molecular flexibility index (Phi) is 14.8. The normalized spacial score (nSPS) is 13.8. The number of furan rings is 1. The summed E-state index contributed by atoms with van der Waals surface area (Å²) in [5.41, 5.74) is 26.1. The number of rotatable bonds is 9. The molecule has 0 bridgehead atoms. The second-order valence-electron chi connectivity index (χ2n) is 21.1. The Morgan fingerprint density at radius 1 is 0.518 bits per heavy atom. The average molecular weight is 1070 g/mol. The average Bonchev–Trinajstić information content (AvgIpc) is 1.60. The topological polar surface area (TPSA) is 51.8 Å². The highest BCUT2D eigenvalue weighted by Crippen LogP contribution is 2.63. The monoisotopic (exact) mass is 1070 g/mol. The van der Waals surface area contributed by atoms with Gasteiger partial charge in [-0.05, 0) is 140 Å².